The molecule has 1 aliphatic carbocycles. The number of benzene rings is 1. The Kier molecular flexibility index (Phi) is 3.34. The summed E-state index contributed by atoms with van der Waals surface area (Å²) < 4.78 is 4.58. The van der Waals surface area contributed by atoms with E-state index in [1.54, 1.807) is 24.3 Å². The molecule has 5 nitrogen and oxygen atoms in total. The van der Waals surface area contributed by atoms with E-state index in [0.29, 0.717) is 11.3 Å². The van der Waals surface area contributed by atoms with Gasteiger partial charge in [-0.25, -0.2) is 4.79 Å². The zero-order valence-corrected chi connectivity index (χ0v) is 10.1. The highest BCUT2D eigenvalue weighted by atomic mass is 16.5. The van der Waals surface area contributed by atoms with E-state index in [4.69, 9.17) is 5.11 Å². The molecular formula is C13H15NO4. The summed E-state index contributed by atoms with van der Waals surface area (Å²) in [6.07, 6.45) is 1.44. The molecule has 0 heterocycles. The number of methoxy groups -OCH3 is 1. The summed E-state index contributed by atoms with van der Waals surface area (Å²) in [6.45, 7) is -0.126. The average molecular weight is 249 g/mol. The summed E-state index contributed by atoms with van der Waals surface area (Å²) in [7, 11) is 1.32. The molecule has 1 aromatic rings. The van der Waals surface area contributed by atoms with Crippen LogP contribution >= 0.6 is 0 Å². The SMILES string of the molecule is COC(=O)c1ccc(NC(=O)C2(CO)CC2)cc1. The quantitative estimate of drug-likeness (QED) is 0.786. The number of anilines is 1. The molecule has 5 heteroatoms. The first-order valence-corrected chi connectivity index (χ1v) is 5.72. The first-order valence-electron chi connectivity index (χ1n) is 5.72. The Labute approximate surface area is 105 Å². The van der Waals surface area contributed by atoms with Crippen molar-refractivity contribution in [3.8, 4) is 0 Å². The van der Waals surface area contributed by atoms with Crippen molar-refractivity contribution in [2.24, 2.45) is 5.41 Å². The minimum Gasteiger partial charge on any atom is -0.465 e. The van der Waals surface area contributed by atoms with Crippen molar-refractivity contribution in [3.05, 3.63) is 29.8 Å². The third kappa shape index (κ3) is 2.36. The van der Waals surface area contributed by atoms with E-state index in [0.717, 1.165) is 12.8 Å². The van der Waals surface area contributed by atoms with Crippen LogP contribution in [0.25, 0.3) is 0 Å². The number of amides is 1. The van der Waals surface area contributed by atoms with Gasteiger partial charge in [-0.05, 0) is 37.1 Å². The maximum absolute atomic E-state index is 11.8. The smallest absolute Gasteiger partial charge is 0.337 e. The largest absolute Gasteiger partial charge is 0.465 e. The number of rotatable bonds is 4. The lowest BCUT2D eigenvalue weighted by Crippen LogP contribution is -2.27. The molecule has 18 heavy (non-hydrogen) atoms. The van der Waals surface area contributed by atoms with E-state index in [2.05, 4.69) is 10.1 Å². The van der Waals surface area contributed by atoms with Gasteiger partial charge >= 0.3 is 5.97 Å². The van der Waals surface area contributed by atoms with E-state index in [-0.39, 0.29) is 12.5 Å². The fourth-order valence-corrected chi connectivity index (χ4v) is 1.68. The van der Waals surface area contributed by atoms with Gasteiger partial charge in [0.05, 0.1) is 24.7 Å². The van der Waals surface area contributed by atoms with Crippen LogP contribution in [0.5, 0.6) is 0 Å². The predicted octanol–water partition coefficient (Wildman–Crippen LogP) is 1.18. The number of carbonyl (C=O) groups is 2. The van der Waals surface area contributed by atoms with Gasteiger partial charge < -0.3 is 15.2 Å². The van der Waals surface area contributed by atoms with Crippen LogP contribution in [0.4, 0.5) is 5.69 Å². The number of aliphatic hydroxyl groups is 1. The lowest BCUT2D eigenvalue weighted by molar-refractivity contribution is -0.122. The predicted molar refractivity (Wildman–Crippen MR) is 65.2 cm³/mol. The van der Waals surface area contributed by atoms with Crippen molar-refractivity contribution in [1.82, 2.24) is 0 Å². The zero-order valence-electron chi connectivity index (χ0n) is 10.1. The van der Waals surface area contributed by atoms with Crippen LogP contribution < -0.4 is 5.32 Å². The molecule has 0 atom stereocenters. The third-order valence-electron chi connectivity index (χ3n) is 3.20. The number of hydrogen-bond acceptors (Lipinski definition) is 4. The zero-order chi connectivity index (χ0) is 13.2. The number of aliphatic hydroxyl groups excluding tert-OH is 1. The summed E-state index contributed by atoms with van der Waals surface area (Å²) in [5.41, 5.74) is 0.437. The van der Waals surface area contributed by atoms with E-state index in [1.807, 2.05) is 0 Å². The van der Waals surface area contributed by atoms with Crippen molar-refractivity contribution in [2.45, 2.75) is 12.8 Å². The molecule has 0 spiro atoms. The molecule has 1 amide bonds. The first-order chi connectivity index (χ1) is 8.61. The summed E-state index contributed by atoms with van der Waals surface area (Å²) in [6, 6.07) is 6.44. The molecule has 0 aliphatic heterocycles. The maximum atomic E-state index is 11.8. The molecule has 0 aromatic heterocycles. The Morgan fingerprint density at radius 1 is 1.33 bits per heavy atom. The van der Waals surface area contributed by atoms with E-state index in [1.165, 1.54) is 7.11 Å². The van der Waals surface area contributed by atoms with E-state index < -0.39 is 11.4 Å². The van der Waals surface area contributed by atoms with Crippen molar-refractivity contribution < 1.29 is 19.4 Å². The molecule has 1 fully saturated rings. The summed E-state index contributed by atoms with van der Waals surface area (Å²) >= 11 is 0. The first kappa shape index (κ1) is 12.6. The minimum atomic E-state index is -0.596. The van der Waals surface area contributed by atoms with Crippen LogP contribution in [0.3, 0.4) is 0 Å². The number of nitrogens with one attached hydrogen (secondary N) is 1. The standard InChI is InChI=1S/C13H15NO4/c1-18-11(16)9-2-4-10(5-3-9)14-12(17)13(8-15)6-7-13/h2-5,15H,6-8H2,1H3,(H,14,17). The molecule has 0 bridgehead atoms. The lowest BCUT2D eigenvalue weighted by Gasteiger charge is -2.12. The van der Waals surface area contributed by atoms with Gasteiger partial charge in [0, 0.05) is 5.69 Å². The molecule has 0 radical (unpaired) electrons. The van der Waals surface area contributed by atoms with Gasteiger partial charge in [-0.15, -0.1) is 0 Å². The molecule has 1 aliphatic rings. The summed E-state index contributed by atoms with van der Waals surface area (Å²) in [5.74, 6) is -0.585. The second kappa shape index (κ2) is 4.78. The Bertz CT molecular complexity index is 462. The van der Waals surface area contributed by atoms with Gasteiger partial charge in [0.25, 0.3) is 0 Å². The molecule has 96 valence electrons. The molecule has 1 aromatic carbocycles. The van der Waals surface area contributed by atoms with Gasteiger partial charge in [-0.3, -0.25) is 4.79 Å². The number of ether oxygens (including phenoxy) is 1. The fourth-order valence-electron chi connectivity index (χ4n) is 1.68. The summed E-state index contributed by atoms with van der Waals surface area (Å²) in [5, 5.41) is 11.9. The number of hydrogen-bond donors (Lipinski definition) is 2. The molecule has 0 saturated heterocycles. The topological polar surface area (TPSA) is 75.6 Å². The van der Waals surface area contributed by atoms with E-state index >= 15 is 0 Å². The molecule has 2 N–H and O–H groups in total. The van der Waals surface area contributed by atoms with Crippen molar-refractivity contribution >= 4 is 17.6 Å². The molecule has 1 saturated carbocycles. The van der Waals surface area contributed by atoms with Crippen LogP contribution in [0, 0.1) is 5.41 Å². The average Bonchev–Trinajstić information content (AvgIpc) is 3.19. The highest BCUT2D eigenvalue weighted by molar-refractivity contribution is 5.97. The Hall–Kier alpha value is -1.88. The second-order valence-corrected chi connectivity index (χ2v) is 4.46. The molecule has 2 rings (SSSR count). The number of esters is 1. The van der Waals surface area contributed by atoms with Gasteiger partial charge in [0.15, 0.2) is 0 Å². The Morgan fingerprint density at radius 3 is 2.39 bits per heavy atom. The van der Waals surface area contributed by atoms with Crippen LogP contribution in [0.2, 0.25) is 0 Å². The van der Waals surface area contributed by atoms with Crippen LogP contribution in [0.15, 0.2) is 24.3 Å². The third-order valence-corrected chi connectivity index (χ3v) is 3.20. The van der Waals surface area contributed by atoms with Gasteiger partial charge in [0.1, 0.15) is 0 Å². The van der Waals surface area contributed by atoms with Gasteiger partial charge in [-0.1, -0.05) is 0 Å². The highest BCUT2D eigenvalue weighted by Crippen LogP contribution is 2.45. The molecular weight excluding hydrogens is 234 g/mol. The van der Waals surface area contributed by atoms with Crippen molar-refractivity contribution in [3.63, 3.8) is 0 Å². The lowest BCUT2D eigenvalue weighted by atomic mass is 10.1. The second-order valence-electron chi connectivity index (χ2n) is 4.46. The van der Waals surface area contributed by atoms with Crippen LogP contribution in [0.1, 0.15) is 23.2 Å². The Balaban J connectivity index is 2.02. The maximum Gasteiger partial charge on any atom is 0.337 e. The highest BCUT2D eigenvalue weighted by Gasteiger charge is 2.49. The summed E-state index contributed by atoms with van der Waals surface area (Å²) in [4.78, 5) is 23.1. The number of carbonyl (C=O) groups excluding carboxylic acids is 2. The van der Waals surface area contributed by atoms with Crippen molar-refractivity contribution in [1.29, 1.82) is 0 Å². The fraction of sp³-hybridized carbons (Fsp3) is 0.385. The van der Waals surface area contributed by atoms with Gasteiger partial charge in [-0.2, -0.15) is 0 Å². The van der Waals surface area contributed by atoms with Gasteiger partial charge in [0.2, 0.25) is 5.91 Å². The minimum absolute atomic E-state index is 0.126. The Morgan fingerprint density at radius 2 is 1.94 bits per heavy atom. The molecule has 0 unspecified atom stereocenters. The van der Waals surface area contributed by atoms with Crippen LogP contribution in [-0.4, -0.2) is 30.7 Å². The van der Waals surface area contributed by atoms with Crippen molar-refractivity contribution in [2.75, 3.05) is 19.0 Å². The monoisotopic (exact) mass is 249 g/mol. The van der Waals surface area contributed by atoms with Crippen LogP contribution in [-0.2, 0) is 9.53 Å². The normalized spacial score (nSPS) is 15.9. The van der Waals surface area contributed by atoms with E-state index in [9.17, 15) is 9.59 Å².